The van der Waals surface area contributed by atoms with Crippen molar-refractivity contribution in [3.05, 3.63) is 97.1 Å². The van der Waals surface area contributed by atoms with Crippen LogP contribution in [0.3, 0.4) is 0 Å². The third kappa shape index (κ3) is 3.05. The van der Waals surface area contributed by atoms with E-state index in [9.17, 15) is 0 Å². The van der Waals surface area contributed by atoms with Gasteiger partial charge in [0, 0.05) is 0 Å². The maximum atomic E-state index is 2.44. The summed E-state index contributed by atoms with van der Waals surface area (Å²) in [6.45, 7) is 0. The Labute approximate surface area is 150 Å². The molecule has 0 saturated carbocycles. The van der Waals surface area contributed by atoms with Gasteiger partial charge in [-0.15, -0.1) is 0 Å². The number of rotatable bonds is 4. The molecule has 0 amide bonds. The van der Waals surface area contributed by atoms with Crippen molar-refractivity contribution >= 4 is 38.8 Å². The Bertz CT molecular complexity index is 678. The molecule has 2 aromatic rings. The second-order valence-electron chi connectivity index (χ2n) is 5.76. The minimum atomic E-state index is 0.339. The van der Waals surface area contributed by atoms with E-state index in [0.29, 0.717) is 45.0 Å². The molecule has 2 aromatic carbocycles. The van der Waals surface area contributed by atoms with E-state index in [-0.39, 0.29) is 0 Å². The van der Waals surface area contributed by atoms with Gasteiger partial charge in [0.25, 0.3) is 0 Å². The Balaban J connectivity index is 1.75. The van der Waals surface area contributed by atoms with Gasteiger partial charge >= 0.3 is 151 Å². The molecule has 2 heteroatoms. The first kappa shape index (κ1) is 15.2. The molecule has 0 aliphatic heterocycles. The van der Waals surface area contributed by atoms with E-state index < -0.39 is 0 Å². The van der Waals surface area contributed by atoms with E-state index in [1.165, 1.54) is 8.92 Å². The van der Waals surface area contributed by atoms with Crippen LogP contribution in [0.15, 0.2) is 97.1 Å². The first-order chi connectivity index (χ1) is 11.4. The molecule has 0 N–H and O–H groups in total. The third-order valence-corrected chi connectivity index (χ3v) is 11.8. The van der Waals surface area contributed by atoms with E-state index in [4.69, 9.17) is 0 Å². The molecule has 2 aliphatic rings. The van der Waals surface area contributed by atoms with Crippen LogP contribution in [0.5, 0.6) is 0 Å². The number of hydrogen-bond acceptors (Lipinski definition) is 0. The molecule has 0 heterocycles. The van der Waals surface area contributed by atoms with Crippen LogP contribution in [-0.2, 0) is 0 Å². The standard InChI is InChI=1S/C21H18Se2/c1-3-11-19(12-4-1)22-21(23-20-13-5-2-6-14-20)17-9-7-8-10-18(21)16-15-17/h1-18H. The molecule has 0 nitrogen and oxygen atoms in total. The van der Waals surface area contributed by atoms with E-state index in [1.807, 2.05) is 0 Å². The Morgan fingerprint density at radius 2 is 1.00 bits per heavy atom. The monoisotopic (exact) mass is 430 g/mol. The van der Waals surface area contributed by atoms with Gasteiger partial charge in [-0.2, -0.15) is 0 Å². The van der Waals surface area contributed by atoms with Crippen LogP contribution < -0.4 is 8.92 Å². The van der Waals surface area contributed by atoms with Crippen molar-refractivity contribution in [3.63, 3.8) is 0 Å². The molecule has 0 saturated heterocycles. The minimum absolute atomic E-state index is 0.339. The number of hydrogen-bond donors (Lipinski definition) is 0. The molecule has 2 bridgehead atoms. The summed E-state index contributed by atoms with van der Waals surface area (Å²) < 4.78 is 3.37. The van der Waals surface area contributed by atoms with Crippen LogP contribution in [-0.4, -0.2) is 29.9 Å². The van der Waals surface area contributed by atoms with Gasteiger partial charge < -0.3 is 0 Å². The number of fused-ring (bicyclic) bond motifs is 2. The van der Waals surface area contributed by atoms with Crippen LogP contribution in [0, 0.1) is 11.8 Å². The van der Waals surface area contributed by atoms with Crippen LogP contribution in [0.1, 0.15) is 0 Å². The summed E-state index contributed by atoms with van der Waals surface area (Å²) >= 11 is 0.893. The van der Waals surface area contributed by atoms with Gasteiger partial charge in [-0.3, -0.25) is 0 Å². The zero-order valence-electron chi connectivity index (χ0n) is 12.7. The van der Waals surface area contributed by atoms with Crippen LogP contribution in [0.4, 0.5) is 0 Å². The van der Waals surface area contributed by atoms with E-state index in [0.717, 1.165) is 0 Å². The third-order valence-electron chi connectivity index (χ3n) is 4.24. The van der Waals surface area contributed by atoms with Gasteiger partial charge in [0.1, 0.15) is 0 Å². The molecule has 0 fully saturated rings. The summed E-state index contributed by atoms with van der Waals surface area (Å²) in [5, 5.41) is 0. The van der Waals surface area contributed by atoms with Gasteiger partial charge in [-0.25, -0.2) is 0 Å². The maximum absolute atomic E-state index is 2.44. The molecular formula is C21H18Se2. The summed E-state index contributed by atoms with van der Waals surface area (Å²) in [6.07, 6.45) is 14.2. The number of allylic oxidation sites excluding steroid dienone is 6. The van der Waals surface area contributed by atoms with Gasteiger partial charge in [-0.1, -0.05) is 0 Å². The fourth-order valence-corrected chi connectivity index (χ4v) is 11.0. The van der Waals surface area contributed by atoms with Crippen molar-refractivity contribution in [3.8, 4) is 0 Å². The van der Waals surface area contributed by atoms with Crippen molar-refractivity contribution in [2.75, 3.05) is 0 Å². The second-order valence-corrected chi connectivity index (χ2v) is 12.7. The fourth-order valence-electron chi connectivity index (χ4n) is 3.13. The topological polar surface area (TPSA) is 0 Å². The van der Waals surface area contributed by atoms with E-state index in [2.05, 4.69) is 97.1 Å². The molecule has 2 unspecified atom stereocenters. The quantitative estimate of drug-likeness (QED) is 0.519. The average molecular weight is 428 g/mol. The predicted molar refractivity (Wildman–Crippen MR) is 101 cm³/mol. The molecule has 0 aromatic heterocycles. The van der Waals surface area contributed by atoms with Crippen molar-refractivity contribution < 1.29 is 0 Å². The van der Waals surface area contributed by atoms with E-state index in [1.54, 1.807) is 0 Å². The summed E-state index contributed by atoms with van der Waals surface area (Å²) in [5.41, 5.74) is 0. The van der Waals surface area contributed by atoms with Crippen LogP contribution in [0.2, 0.25) is 3.21 Å². The fraction of sp³-hybridized carbons (Fsp3) is 0.143. The summed E-state index contributed by atoms with van der Waals surface area (Å²) in [4.78, 5) is 0. The first-order valence-corrected chi connectivity index (χ1v) is 11.3. The van der Waals surface area contributed by atoms with Crippen molar-refractivity contribution in [2.45, 2.75) is 3.21 Å². The normalized spacial score (nSPS) is 23.8. The van der Waals surface area contributed by atoms with Gasteiger partial charge in [0.05, 0.1) is 0 Å². The molecule has 0 radical (unpaired) electrons. The Hall–Kier alpha value is -1.30. The summed E-state index contributed by atoms with van der Waals surface area (Å²) in [5.74, 6) is 1.12. The Morgan fingerprint density at radius 1 is 0.565 bits per heavy atom. The molecule has 2 aliphatic carbocycles. The number of benzene rings is 2. The first-order valence-electron chi connectivity index (χ1n) is 7.88. The predicted octanol–water partition coefficient (Wildman–Crippen LogP) is 3.09. The molecule has 114 valence electrons. The van der Waals surface area contributed by atoms with Crippen LogP contribution in [0.25, 0.3) is 0 Å². The molecule has 23 heavy (non-hydrogen) atoms. The zero-order chi connectivity index (χ0) is 15.5. The molecule has 0 spiro atoms. The van der Waals surface area contributed by atoms with Crippen LogP contribution >= 0.6 is 0 Å². The van der Waals surface area contributed by atoms with E-state index >= 15 is 0 Å². The SMILES string of the molecule is C1=CC2C=CC(C=C1)C2([Se]c1ccccc1)[Se]c1ccccc1. The summed E-state index contributed by atoms with van der Waals surface area (Å²) in [7, 11) is 0. The zero-order valence-corrected chi connectivity index (χ0v) is 16.1. The van der Waals surface area contributed by atoms with Gasteiger partial charge in [-0.05, 0) is 0 Å². The van der Waals surface area contributed by atoms with Gasteiger partial charge in [0.15, 0.2) is 0 Å². The second kappa shape index (κ2) is 6.67. The molecule has 2 atom stereocenters. The average Bonchev–Trinajstić information content (AvgIpc) is 2.78. The Kier molecular flexibility index (Phi) is 4.42. The molecular weight excluding hydrogens is 410 g/mol. The van der Waals surface area contributed by atoms with Crippen molar-refractivity contribution in [1.29, 1.82) is 0 Å². The molecule has 4 rings (SSSR count). The van der Waals surface area contributed by atoms with Crippen molar-refractivity contribution in [1.82, 2.24) is 0 Å². The van der Waals surface area contributed by atoms with Gasteiger partial charge in [0.2, 0.25) is 0 Å². The van der Waals surface area contributed by atoms with Crippen molar-refractivity contribution in [2.24, 2.45) is 11.8 Å². The Morgan fingerprint density at radius 3 is 1.43 bits per heavy atom. The summed E-state index contributed by atoms with van der Waals surface area (Å²) in [6, 6.07) is 22.2.